The number of nitrogens with two attached hydrogens (primary N) is 1. The summed E-state index contributed by atoms with van der Waals surface area (Å²) in [5.41, 5.74) is 5.95. The van der Waals surface area contributed by atoms with Gasteiger partial charge in [-0.2, -0.15) is 0 Å². The Kier molecular flexibility index (Phi) is 5.81. The molecule has 0 saturated carbocycles. The molecule has 0 unspecified atom stereocenters. The van der Waals surface area contributed by atoms with Crippen molar-refractivity contribution in [2.24, 2.45) is 0 Å². The highest BCUT2D eigenvalue weighted by Gasteiger charge is 2.22. The summed E-state index contributed by atoms with van der Waals surface area (Å²) in [4.78, 5) is 21.4. The minimum Gasteiger partial charge on any atom is -0.382 e. The number of hydrogen-bond donors (Lipinski definition) is 2. The number of carbonyl (C=O) groups is 1. The molecular weight excluding hydrogens is 286 g/mol. The molecule has 21 heavy (non-hydrogen) atoms. The van der Waals surface area contributed by atoms with Crippen LogP contribution in [0.5, 0.6) is 0 Å². The summed E-state index contributed by atoms with van der Waals surface area (Å²) >= 11 is 1.42. The minimum atomic E-state index is -0.0237. The van der Waals surface area contributed by atoms with Crippen molar-refractivity contribution in [1.29, 1.82) is 0 Å². The zero-order valence-corrected chi connectivity index (χ0v) is 13.7. The van der Waals surface area contributed by atoms with E-state index < -0.39 is 0 Å². The fraction of sp³-hybridized carbons (Fsp3) is 0.714. The van der Waals surface area contributed by atoms with Crippen LogP contribution in [0, 0.1) is 0 Å². The lowest BCUT2D eigenvalue weighted by Gasteiger charge is -2.25. The Balaban J connectivity index is 2.01. The van der Waals surface area contributed by atoms with Gasteiger partial charge in [-0.3, -0.25) is 4.79 Å². The standard InChI is InChI=1S/C14H25N5OS/c1-16-7-6-8-18(2)13(20)11-12(15)17-14(21-11)19-9-4-3-5-10-19/h16H,3-10,15H2,1-2H3. The molecule has 1 amide bonds. The molecule has 0 radical (unpaired) electrons. The first-order chi connectivity index (χ1) is 10.1. The van der Waals surface area contributed by atoms with Crippen molar-refractivity contribution in [2.45, 2.75) is 25.7 Å². The van der Waals surface area contributed by atoms with Crippen LogP contribution in [0.15, 0.2) is 0 Å². The number of carbonyl (C=O) groups excluding carboxylic acids is 1. The van der Waals surface area contributed by atoms with Gasteiger partial charge in [0.2, 0.25) is 0 Å². The van der Waals surface area contributed by atoms with Crippen LogP contribution >= 0.6 is 11.3 Å². The van der Waals surface area contributed by atoms with E-state index in [1.807, 2.05) is 14.1 Å². The second-order valence-electron chi connectivity index (χ2n) is 5.44. The molecule has 0 aliphatic carbocycles. The van der Waals surface area contributed by atoms with Crippen molar-refractivity contribution in [3.8, 4) is 0 Å². The van der Waals surface area contributed by atoms with Crippen molar-refractivity contribution >= 4 is 28.2 Å². The summed E-state index contributed by atoms with van der Waals surface area (Å²) in [5.74, 6) is 0.343. The number of nitrogens with zero attached hydrogens (tertiary/aromatic N) is 3. The molecule has 0 atom stereocenters. The number of anilines is 2. The first kappa shape index (κ1) is 16.0. The summed E-state index contributed by atoms with van der Waals surface area (Å²) in [6.45, 7) is 3.64. The maximum absolute atomic E-state index is 12.4. The maximum Gasteiger partial charge on any atom is 0.267 e. The van der Waals surface area contributed by atoms with Gasteiger partial charge in [-0.1, -0.05) is 11.3 Å². The molecule has 6 nitrogen and oxygen atoms in total. The summed E-state index contributed by atoms with van der Waals surface area (Å²) in [7, 11) is 3.73. The van der Waals surface area contributed by atoms with Gasteiger partial charge in [0.15, 0.2) is 5.13 Å². The molecule has 1 aromatic heterocycles. The Bertz CT molecular complexity index is 470. The number of thiazole rings is 1. The highest BCUT2D eigenvalue weighted by Crippen LogP contribution is 2.30. The van der Waals surface area contributed by atoms with Gasteiger partial charge in [0.25, 0.3) is 5.91 Å². The lowest BCUT2D eigenvalue weighted by atomic mass is 10.1. The predicted octanol–water partition coefficient (Wildman–Crippen LogP) is 1.40. The van der Waals surface area contributed by atoms with Gasteiger partial charge < -0.3 is 20.9 Å². The fourth-order valence-electron chi connectivity index (χ4n) is 2.46. The Morgan fingerprint density at radius 3 is 2.81 bits per heavy atom. The molecular formula is C14H25N5OS. The third-order valence-corrected chi connectivity index (χ3v) is 4.85. The Hall–Kier alpha value is -1.34. The number of nitrogens with one attached hydrogen (secondary N) is 1. The molecule has 0 spiro atoms. The largest absolute Gasteiger partial charge is 0.382 e. The summed E-state index contributed by atoms with van der Waals surface area (Å²) in [6, 6.07) is 0. The van der Waals surface area contributed by atoms with E-state index in [1.165, 1.54) is 30.6 Å². The van der Waals surface area contributed by atoms with Crippen LogP contribution in [-0.2, 0) is 0 Å². The molecule has 2 heterocycles. The molecule has 0 bridgehead atoms. The normalized spacial score (nSPS) is 15.2. The molecule has 1 aromatic rings. The van der Waals surface area contributed by atoms with Gasteiger partial charge in [0.05, 0.1) is 0 Å². The molecule has 2 rings (SSSR count). The number of aromatic nitrogens is 1. The minimum absolute atomic E-state index is 0.0237. The van der Waals surface area contributed by atoms with Crippen LogP contribution < -0.4 is 16.0 Å². The molecule has 1 aliphatic heterocycles. The van der Waals surface area contributed by atoms with E-state index in [4.69, 9.17) is 5.73 Å². The Morgan fingerprint density at radius 1 is 1.43 bits per heavy atom. The van der Waals surface area contributed by atoms with E-state index in [2.05, 4.69) is 15.2 Å². The van der Waals surface area contributed by atoms with Crippen LogP contribution in [0.1, 0.15) is 35.4 Å². The fourth-order valence-corrected chi connectivity index (χ4v) is 3.49. The van der Waals surface area contributed by atoms with Gasteiger partial charge >= 0.3 is 0 Å². The van der Waals surface area contributed by atoms with Crippen molar-refractivity contribution in [3.05, 3.63) is 4.88 Å². The van der Waals surface area contributed by atoms with Gasteiger partial charge in [-0.15, -0.1) is 0 Å². The summed E-state index contributed by atoms with van der Waals surface area (Å²) in [6.07, 6.45) is 4.58. The SMILES string of the molecule is CNCCCN(C)C(=O)c1sc(N2CCCCC2)nc1N. The van der Waals surface area contributed by atoms with Crippen LogP contribution in [0.25, 0.3) is 0 Å². The molecule has 3 N–H and O–H groups in total. The molecule has 1 fully saturated rings. The van der Waals surface area contributed by atoms with E-state index in [9.17, 15) is 4.79 Å². The number of nitrogen functional groups attached to an aromatic ring is 1. The van der Waals surface area contributed by atoms with E-state index in [0.717, 1.165) is 37.7 Å². The number of rotatable bonds is 6. The van der Waals surface area contributed by atoms with Crippen LogP contribution in [0.3, 0.4) is 0 Å². The zero-order valence-electron chi connectivity index (χ0n) is 12.9. The highest BCUT2D eigenvalue weighted by molar-refractivity contribution is 7.18. The highest BCUT2D eigenvalue weighted by atomic mass is 32.1. The van der Waals surface area contributed by atoms with E-state index >= 15 is 0 Å². The maximum atomic E-state index is 12.4. The Labute approximate surface area is 130 Å². The number of hydrogen-bond acceptors (Lipinski definition) is 6. The molecule has 118 valence electrons. The summed E-state index contributed by atoms with van der Waals surface area (Å²) < 4.78 is 0. The van der Waals surface area contributed by atoms with Gasteiger partial charge in [0, 0.05) is 26.7 Å². The van der Waals surface area contributed by atoms with Gasteiger partial charge in [0.1, 0.15) is 10.7 Å². The third kappa shape index (κ3) is 4.07. The second kappa shape index (κ2) is 7.61. The predicted molar refractivity (Wildman–Crippen MR) is 88.1 cm³/mol. The van der Waals surface area contributed by atoms with Crippen molar-refractivity contribution in [3.63, 3.8) is 0 Å². The van der Waals surface area contributed by atoms with Crippen LogP contribution in [0.4, 0.5) is 10.9 Å². The molecule has 0 aromatic carbocycles. The third-order valence-electron chi connectivity index (χ3n) is 3.73. The first-order valence-corrected chi connectivity index (χ1v) is 8.36. The smallest absolute Gasteiger partial charge is 0.267 e. The number of piperidine rings is 1. The van der Waals surface area contributed by atoms with E-state index in [0.29, 0.717) is 10.7 Å². The second-order valence-corrected chi connectivity index (χ2v) is 6.42. The molecule has 1 aliphatic rings. The zero-order chi connectivity index (χ0) is 15.2. The van der Waals surface area contributed by atoms with E-state index in [1.54, 1.807) is 4.90 Å². The quantitative estimate of drug-likeness (QED) is 0.777. The number of amides is 1. The molecule has 1 saturated heterocycles. The van der Waals surface area contributed by atoms with Gasteiger partial charge in [-0.05, 0) is 39.3 Å². The summed E-state index contributed by atoms with van der Waals surface area (Å²) in [5, 5.41) is 3.97. The lowest BCUT2D eigenvalue weighted by Crippen LogP contribution is -2.29. The topological polar surface area (TPSA) is 74.5 Å². The lowest BCUT2D eigenvalue weighted by molar-refractivity contribution is 0.0799. The average Bonchev–Trinajstić information content (AvgIpc) is 2.89. The van der Waals surface area contributed by atoms with Crippen molar-refractivity contribution < 1.29 is 4.79 Å². The van der Waals surface area contributed by atoms with E-state index in [-0.39, 0.29) is 5.91 Å². The first-order valence-electron chi connectivity index (χ1n) is 7.54. The monoisotopic (exact) mass is 311 g/mol. The molecule has 7 heteroatoms. The van der Waals surface area contributed by atoms with Crippen molar-refractivity contribution in [2.75, 3.05) is 50.9 Å². The van der Waals surface area contributed by atoms with Crippen LogP contribution in [0.2, 0.25) is 0 Å². The average molecular weight is 311 g/mol. The van der Waals surface area contributed by atoms with Gasteiger partial charge in [-0.25, -0.2) is 4.98 Å². The van der Waals surface area contributed by atoms with Crippen LogP contribution in [-0.4, -0.2) is 56.1 Å². The Morgan fingerprint density at radius 2 is 2.14 bits per heavy atom. The van der Waals surface area contributed by atoms with Crippen molar-refractivity contribution in [1.82, 2.24) is 15.2 Å².